The summed E-state index contributed by atoms with van der Waals surface area (Å²) in [6, 6.07) is 8.08. The Kier molecular flexibility index (Phi) is 2.56. The fourth-order valence-electron chi connectivity index (χ4n) is 1.81. The molecule has 0 bridgehead atoms. The van der Waals surface area contributed by atoms with E-state index in [4.69, 9.17) is 17.3 Å². The molecule has 0 saturated heterocycles. The summed E-state index contributed by atoms with van der Waals surface area (Å²) in [4.78, 5) is 0. The van der Waals surface area contributed by atoms with Crippen LogP contribution in [0.15, 0.2) is 24.3 Å². The minimum absolute atomic E-state index is 0.553. The Morgan fingerprint density at radius 2 is 1.92 bits per heavy atom. The van der Waals surface area contributed by atoms with Crippen LogP contribution in [0.1, 0.15) is 24.3 Å². The maximum atomic E-state index is 5.82. The van der Waals surface area contributed by atoms with E-state index in [1.54, 1.807) is 0 Å². The molecule has 1 aliphatic carbocycles. The van der Waals surface area contributed by atoms with E-state index in [1.165, 1.54) is 18.4 Å². The van der Waals surface area contributed by atoms with Gasteiger partial charge in [0.25, 0.3) is 0 Å². The fourth-order valence-corrected chi connectivity index (χ4v) is 1.94. The number of hydrogen-bond donors (Lipinski definition) is 1. The van der Waals surface area contributed by atoms with Gasteiger partial charge in [-0.3, -0.25) is 0 Å². The lowest BCUT2D eigenvalue weighted by molar-refractivity contribution is 0.616. The fraction of sp³-hybridized carbons (Fsp3) is 0.455. The smallest absolute Gasteiger partial charge is 0.0406 e. The first-order valence-electron chi connectivity index (χ1n) is 4.77. The summed E-state index contributed by atoms with van der Waals surface area (Å²) in [6.45, 7) is 0.756. The van der Waals surface area contributed by atoms with E-state index in [2.05, 4.69) is 12.1 Å². The molecule has 1 aromatic rings. The van der Waals surface area contributed by atoms with Crippen molar-refractivity contribution in [2.24, 2.45) is 11.7 Å². The van der Waals surface area contributed by atoms with Crippen molar-refractivity contribution in [3.63, 3.8) is 0 Å². The van der Waals surface area contributed by atoms with Gasteiger partial charge < -0.3 is 5.73 Å². The molecule has 13 heavy (non-hydrogen) atoms. The van der Waals surface area contributed by atoms with Crippen molar-refractivity contribution in [2.75, 3.05) is 6.54 Å². The average molecular weight is 196 g/mol. The first-order chi connectivity index (χ1) is 6.31. The quantitative estimate of drug-likeness (QED) is 0.789. The maximum absolute atomic E-state index is 5.82. The van der Waals surface area contributed by atoms with Gasteiger partial charge in [0, 0.05) is 5.02 Å². The third-order valence-electron chi connectivity index (χ3n) is 2.74. The minimum Gasteiger partial charge on any atom is -0.330 e. The van der Waals surface area contributed by atoms with Gasteiger partial charge in [0.15, 0.2) is 0 Å². The molecule has 2 N–H and O–H groups in total. The molecule has 1 aromatic carbocycles. The van der Waals surface area contributed by atoms with Crippen molar-refractivity contribution in [2.45, 2.75) is 18.8 Å². The van der Waals surface area contributed by atoms with Gasteiger partial charge in [0.1, 0.15) is 0 Å². The summed E-state index contributed by atoms with van der Waals surface area (Å²) < 4.78 is 0. The van der Waals surface area contributed by atoms with Gasteiger partial charge in [-0.25, -0.2) is 0 Å². The zero-order valence-corrected chi connectivity index (χ0v) is 8.30. The zero-order valence-electron chi connectivity index (χ0n) is 7.54. The van der Waals surface area contributed by atoms with Crippen LogP contribution >= 0.6 is 11.6 Å². The summed E-state index contributed by atoms with van der Waals surface area (Å²) in [5, 5.41) is 0.801. The predicted octanol–water partition coefficient (Wildman–Crippen LogP) is 2.79. The Bertz CT molecular complexity index is 277. The van der Waals surface area contributed by atoms with Gasteiger partial charge >= 0.3 is 0 Å². The highest BCUT2D eigenvalue weighted by atomic mass is 35.5. The predicted molar refractivity (Wildman–Crippen MR) is 56.0 cm³/mol. The van der Waals surface area contributed by atoms with Gasteiger partial charge in [-0.15, -0.1) is 0 Å². The normalized spacial score (nSPS) is 18.6. The van der Waals surface area contributed by atoms with Crippen molar-refractivity contribution >= 4 is 11.6 Å². The van der Waals surface area contributed by atoms with Crippen molar-refractivity contribution in [1.82, 2.24) is 0 Å². The SMILES string of the molecule is NC[C@H](c1ccc(Cl)cc1)C1CC1. The molecular formula is C11H14ClN. The van der Waals surface area contributed by atoms with Gasteiger partial charge in [-0.2, -0.15) is 0 Å². The molecule has 1 nitrogen and oxygen atoms in total. The Labute approximate surface area is 83.9 Å². The molecule has 70 valence electrons. The third-order valence-corrected chi connectivity index (χ3v) is 3.00. The second-order valence-corrected chi connectivity index (χ2v) is 4.17. The lowest BCUT2D eigenvalue weighted by atomic mass is 9.94. The van der Waals surface area contributed by atoms with Crippen LogP contribution in [0.3, 0.4) is 0 Å². The second-order valence-electron chi connectivity index (χ2n) is 3.73. The summed E-state index contributed by atoms with van der Waals surface area (Å²) in [5.74, 6) is 1.38. The van der Waals surface area contributed by atoms with Crippen LogP contribution in [0.25, 0.3) is 0 Å². The Hall–Kier alpha value is -0.530. The first-order valence-corrected chi connectivity index (χ1v) is 5.14. The van der Waals surface area contributed by atoms with Crippen LogP contribution in [0.4, 0.5) is 0 Å². The first kappa shape index (κ1) is 9.04. The number of nitrogens with two attached hydrogens (primary N) is 1. The number of rotatable bonds is 3. The summed E-state index contributed by atoms with van der Waals surface area (Å²) >= 11 is 5.82. The molecule has 0 radical (unpaired) electrons. The van der Waals surface area contributed by atoms with Crippen LogP contribution in [0, 0.1) is 5.92 Å². The lowest BCUT2D eigenvalue weighted by Crippen LogP contribution is -2.14. The largest absolute Gasteiger partial charge is 0.330 e. The molecule has 2 heteroatoms. The maximum Gasteiger partial charge on any atom is 0.0406 e. The van der Waals surface area contributed by atoms with E-state index < -0.39 is 0 Å². The summed E-state index contributed by atoms with van der Waals surface area (Å²) in [7, 11) is 0. The van der Waals surface area contributed by atoms with E-state index >= 15 is 0 Å². The standard InChI is InChI=1S/C11H14ClN/c12-10-5-3-9(4-6-10)11(7-13)8-1-2-8/h3-6,8,11H,1-2,7,13H2/t11-/m0/s1. The van der Waals surface area contributed by atoms with Crippen LogP contribution in [0.2, 0.25) is 5.02 Å². The lowest BCUT2D eigenvalue weighted by Gasteiger charge is -2.13. The van der Waals surface area contributed by atoms with E-state index in [1.807, 2.05) is 12.1 Å². The van der Waals surface area contributed by atoms with E-state index in [-0.39, 0.29) is 0 Å². The Morgan fingerprint density at radius 1 is 1.31 bits per heavy atom. The molecule has 1 aliphatic rings. The van der Waals surface area contributed by atoms with Gasteiger partial charge in [-0.1, -0.05) is 23.7 Å². The Morgan fingerprint density at radius 3 is 2.38 bits per heavy atom. The highest BCUT2D eigenvalue weighted by Crippen LogP contribution is 2.42. The molecule has 0 amide bonds. The van der Waals surface area contributed by atoms with Crippen molar-refractivity contribution in [3.8, 4) is 0 Å². The van der Waals surface area contributed by atoms with Crippen molar-refractivity contribution in [3.05, 3.63) is 34.9 Å². The highest BCUT2D eigenvalue weighted by molar-refractivity contribution is 6.30. The molecule has 0 aliphatic heterocycles. The molecule has 1 atom stereocenters. The number of hydrogen-bond acceptors (Lipinski definition) is 1. The molecule has 0 heterocycles. The van der Waals surface area contributed by atoms with Crippen LogP contribution in [0.5, 0.6) is 0 Å². The second kappa shape index (κ2) is 3.69. The molecule has 2 rings (SSSR count). The van der Waals surface area contributed by atoms with Crippen molar-refractivity contribution in [1.29, 1.82) is 0 Å². The van der Waals surface area contributed by atoms with Crippen molar-refractivity contribution < 1.29 is 0 Å². The number of halogens is 1. The Balaban J connectivity index is 2.17. The van der Waals surface area contributed by atoms with Crippen LogP contribution < -0.4 is 5.73 Å². The highest BCUT2D eigenvalue weighted by Gasteiger charge is 2.30. The van der Waals surface area contributed by atoms with E-state index in [0.29, 0.717) is 5.92 Å². The molecule has 1 fully saturated rings. The average Bonchev–Trinajstić information content (AvgIpc) is 2.93. The van der Waals surface area contributed by atoms with Crippen LogP contribution in [-0.2, 0) is 0 Å². The molecule has 1 saturated carbocycles. The molecular weight excluding hydrogens is 182 g/mol. The van der Waals surface area contributed by atoms with Gasteiger partial charge in [0.05, 0.1) is 0 Å². The van der Waals surface area contributed by atoms with E-state index in [9.17, 15) is 0 Å². The molecule has 0 unspecified atom stereocenters. The van der Waals surface area contributed by atoms with Crippen LogP contribution in [-0.4, -0.2) is 6.54 Å². The summed E-state index contributed by atoms with van der Waals surface area (Å²) in [6.07, 6.45) is 2.68. The third kappa shape index (κ3) is 2.04. The monoisotopic (exact) mass is 195 g/mol. The topological polar surface area (TPSA) is 26.0 Å². The molecule has 0 spiro atoms. The minimum atomic E-state index is 0.553. The molecule has 0 aromatic heterocycles. The van der Waals surface area contributed by atoms with Gasteiger partial charge in [-0.05, 0) is 48.9 Å². The van der Waals surface area contributed by atoms with E-state index in [0.717, 1.165) is 17.5 Å². The van der Waals surface area contributed by atoms with Gasteiger partial charge in [0.2, 0.25) is 0 Å². The zero-order chi connectivity index (χ0) is 9.26. The summed E-state index contributed by atoms with van der Waals surface area (Å²) in [5.41, 5.74) is 7.09. The number of benzene rings is 1.